The van der Waals surface area contributed by atoms with Crippen LogP contribution in [0.3, 0.4) is 0 Å². The van der Waals surface area contributed by atoms with Crippen LogP contribution in [0.4, 0.5) is 0 Å². The summed E-state index contributed by atoms with van der Waals surface area (Å²) in [6.45, 7) is 11.1. The smallest absolute Gasteiger partial charge is 0.0493 e. The van der Waals surface area contributed by atoms with Gasteiger partial charge in [-0.25, -0.2) is 0 Å². The van der Waals surface area contributed by atoms with Crippen molar-refractivity contribution in [1.29, 1.82) is 0 Å². The summed E-state index contributed by atoms with van der Waals surface area (Å²) in [6.07, 6.45) is 8.60. The molecule has 1 rings (SSSR count). The summed E-state index contributed by atoms with van der Waals surface area (Å²) in [5, 5.41) is 9.20. The number of hydrogen-bond donors (Lipinski definition) is 1. The number of aliphatic hydroxyl groups is 1. The molecule has 0 amide bonds. The quantitative estimate of drug-likeness (QED) is 0.657. The lowest BCUT2D eigenvalue weighted by molar-refractivity contribution is 0.227. The summed E-state index contributed by atoms with van der Waals surface area (Å²) in [6, 6.07) is 0. The summed E-state index contributed by atoms with van der Waals surface area (Å²) in [7, 11) is 0. The van der Waals surface area contributed by atoms with E-state index in [1.54, 1.807) is 0 Å². The van der Waals surface area contributed by atoms with Crippen LogP contribution in [0.2, 0.25) is 0 Å². The van der Waals surface area contributed by atoms with Crippen molar-refractivity contribution in [3.8, 4) is 0 Å². The van der Waals surface area contributed by atoms with E-state index >= 15 is 0 Å². The van der Waals surface area contributed by atoms with Crippen molar-refractivity contribution in [2.24, 2.45) is 29.6 Å². The molecule has 1 aliphatic rings. The summed E-state index contributed by atoms with van der Waals surface area (Å²) in [5.41, 5.74) is 0. The van der Waals surface area contributed by atoms with Crippen LogP contribution < -0.4 is 0 Å². The molecule has 0 radical (unpaired) electrons. The Morgan fingerprint density at radius 1 is 1.18 bits per heavy atom. The van der Waals surface area contributed by atoms with Crippen molar-refractivity contribution < 1.29 is 5.11 Å². The zero-order chi connectivity index (χ0) is 12.8. The van der Waals surface area contributed by atoms with E-state index in [1.807, 2.05) is 6.08 Å². The molecule has 1 saturated carbocycles. The SMILES string of the molecule is C=CC(CO)CC1CCC(CC(C)C(C)C)C1. The van der Waals surface area contributed by atoms with Gasteiger partial charge in [-0.05, 0) is 48.9 Å². The molecule has 0 aromatic heterocycles. The number of rotatable bonds is 7. The minimum absolute atomic E-state index is 0.271. The molecular formula is C16H30O. The first kappa shape index (κ1) is 14.8. The minimum Gasteiger partial charge on any atom is -0.396 e. The second kappa shape index (κ2) is 7.20. The second-order valence-electron chi connectivity index (χ2n) is 6.42. The molecular weight excluding hydrogens is 208 g/mol. The van der Waals surface area contributed by atoms with E-state index in [-0.39, 0.29) is 6.61 Å². The molecule has 4 atom stereocenters. The fraction of sp³-hybridized carbons (Fsp3) is 0.875. The Balaban J connectivity index is 2.29. The molecule has 1 N–H and O–H groups in total. The Hall–Kier alpha value is -0.300. The van der Waals surface area contributed by atoms with Crippen LogP contribution in [0.5, 0.6) is 0 Å². The molecule has 4 unspecified atom stereocenters. The maximum atomic E-state index is 9.20. The van der Waals surface area contributed by atoms with E-state index in [1.165, 1.54) is 25.7 Å². The average Bonchev–Trinajstić information content (AvgIpc) is 2.73. The second-order valence-corrected chi connectivity index (χ2v) is 6.42. The van der Waals surface area contributed by atoms with Crippen LogP contribution in [0.1, 0.15) is 52.9 Å². The topological polar surface area (TPSA) is 20.2 Å². The monoisotopic (exact) mass is 238 g/mol. The average molecular weight is 238 g/mol. The van der Waals surface area contributed by atoms with Crippen LogP contribution in [0, 0.1) is 29.6 Å². The van der Waals surface area contributed by atoms with Crippen LogP contribution in [0.15, 0.2) is 12.7 Å². The van der Waals surface area contributed by atoms with Crippen molar-refractivity contribution in [3.05, 3.63) is 12.7 Å². The van der Waals surface area contributed by atoms with Crippen molar-refractivity contribution in [2.45, 2.75) is 52.9 Å². The molecule has 1 fully saturated rings. The van der Waals surface area contributed by atoms with Crippen LogP contribution >= 0.6 is 0 Å². The number of aliphatic hydroxyl groups excluding tert-OH is 1. The molecule has 0 bridgehead atoms. The lowest BCUT2D eigenvalue weighted by atomic mass is 9.86. The third kappa shape index (κ3) is 4.83. The largest absolute Gasteiger partial charge is 0.396 e. The van der Waals surface area contributed by atoms with E-state index in [0.29, 0.717) is 5.92 Å². The molecule has 0 heterocycles. The highest BCUT2D eigenvalue weighted by Crippen LogP contribution is 2.39. The summed E-state index contributed by atoms with van der Waals surface area (Å²) in [5.74, 6) is 3.75. The van der Waals surface area contributed by atoms with Crippen molar-refractivity contribution >= 4 is 0 Å². The number of hydrogen-bond acceptors (Lipinski definition) is 1. The third-order valence-corrected chi connectivity index (χ3v) is 4.70. The molecule has 1 nitrogen and oxygen atoms in total. The van der Waals surface area contributed by atoms with Crippen LogP contribution in [0.25, 0.3) is 0 Å². The molecule has 100 valence electrons. The van der Waals surface area contributed by atoms with Gasteiger partial charge in [0.05, 0.1) is 0 Å². The van der Waals surface area contributed by atoms with E-state index in [0.717, 1.165) is 30.1 Å². The maximum Gasteiger partial charge on any atom is 0.0493 e. The third-order valence-electron chi connectivity index (χ3n) is 4.70. The lowest BCUT2D eigenvalue weighted by Gasteiger charge is -2.20. The minimum atomic E-state index is 0.271. The van der Waals surface area contributed by atoms with Gasteiger partial charge in [0.25, 0.3) is 0 Å². The molecule has 0 aromatic rings. The zero-order valence-electron chi connectivity index (χ0n) is 11.9. The van der Waals surface area contributed by atoms with Crippen molar-refractivity contribution in [2.75, 3.05) is 6.61 Å². The van der Waals surface area contributed by atoms with Crippen LogP contribution in [-0.2, 0) is 0 Å². The normalized spacial score (nSPS) is 28.3. The lowest BCUT2D eigenvalue weighted by Crippen LogP contribution is -2.11. The predicted molar refractivity (Wildman–Crippen MR) is 74.8 cm³/mol. The summed E-state index contributed by atoms with van der Waals surface area (Å²) in [4.78, 5) is 0. The molecule has 0 saturated heterocycles. The van der Waals surface area contributed by atoms with Gasteiger partial charge in [0.2, 0.25) is 0 Å². The highest BCUT2D eigenvalue weighted by molar-refractivity contribution is 4.85. The van der Waals surface area contributed by atoms with Crippen molar-refractivity contribution in [1.82, 2.24) is 0 Å². The first-order valence-electron chi connectivity index (χ1n) is 7.30. The Bertz CT molecular complexity index is 222. The Morgan fingerprint density at radius 3 is 2.24 bits per heavy atom. The summed E-state index contributed by atoms with van der Waals surface area (Å²) < 4.78 is 0. The molecule has 0 spiro atoms. The summed E-state index contributed by atoms with van der Waals surface area (Å²) >= 11 is 0. The maximum absolute atomic E-state index is 9.20. The zero-order valence-corrected chi connectivity index (χ0v) is 11.9. The van der Waals surface area contributed by atoms with E-state index in [4.69, 9.17) is 0 Å². The van der Waals surface area contributed by atoms with Gasteiger partial charge in [0.1, 0.15) is 0 Å². The fourth-order valence-corrected chi connectivity index (χ4v) is 3.08. The first-order valence-corrected chi connectivity index (χ1v) is 7.30. The van der Waals surface area contributed by atoms with E-state index < -0.39 is 0 Å². The van der Waals surface area contributed by atoms with Gasteiger partial charge in [-0.1, -0.05) is 39.7 Å². The van der Waals surface area contributed by atoms with E-state index in [9.17, 15) is 5.11 Å². The molecule has 17 heavy (non-hydrogen) atoms. The van der Waals surface area contributed by atoms with Gasteiger partial charge in [-0.15, -0.1) is 6.58 Å². The van der Waals surface area contributed by atoms with Gasteiger partial charge in [0.15, 0.2) is 0 Å². The van der Waals surface area contributed by atoms with Gasteiger partial charge in [0, 0.05) is 6.61 Å². The van der Waals surface area contributed by atoms with Crippen molar-refractivity contribution in [3.63, 3.8) is 0 Å². The van der Waals surface area contributed by atoms with E-state index in [2.05, 4.69) is 27.4 Å². The van der Waals surface area contributed by atoms with Gasteiger partial charge in [-0.2, -0.15) is 0 Å². The van der Waals surface area contributed by atoms with Crippen LogP contribution in [-0.4, -0.2) is 11.7 Å². The molecule has 1 aliphatic carbocycles. The van der Waals surface area contributed by atoms with Gasteiger partial charge in [-0.3, -0.25) is 0 Å². The highest BCUT2D eigenvalue weighted by Gasteiger charge is 2.27. The first-order chi connectivity index (χ1) is 8.06. The Kier molecular flexibility index (Phi) is 6.26. The Labute approximate surface area is 107 Å². The molecule has 1 heteroatoms. The van der Waals surface area contributed by atoms with Gasteiger partial charge < -0.3 is 5.11 Å². The molecule has 0 aliphatic heterocycles. The highest BCUT2D eigenvalue weighted by atomic mass is 16.3. The standard InChI is InChI=1S/C16H30O/c1-5-14(11-17)9-16-7-6-15(10-16)8-13(4)12(2)3/h5,12-17H,1,6-11H2,2-4H3. The fourth-order valence-electron chi connectivity index (χ4n) is 3.08. The Morgan fingerprint density at radius 2 is 1.76 bits per heavy atom. The molecule has 0 aromatic carbocycles. The predicted octanol–water partition coefficient (Wildman–Crippen LogP) is 4.27. The van der Waals surface area contributed by atoms with Gasteiger partial charge >= 0.3 is 0 Å².